The van der Waals surface area contributed by atoms with Crippen molar-refractivity contribution in [2.24, 2.45) is 0 Å². The molecule has 144 valence electrons. The molecule has 28 heavy (non-hydrogen) atoms. The Labute approximate surface area is 162 Å². The van der Waals surface area contributed by atoms with Crippen LogP contribution in [-0.2, 0) is 17.9 Å². The summed E-state index contributed by atoms with van der Waals surface area (Å²) in [5, 5.41) is 7.15. The van der Waals surface area contributed by atoms with Crippen molar-refractivity contribution in [1.82, 2.24) is 20.0 Å². The molecule has 0 bridgehead atoms. The van der Waals surface area contributed by atoms with Crippen molar-refractivity contribution in [2.45, 2.75) is 32.0 Å². The van der Waals surface area contributed by atoms with Crippen molar-refractivity contribution in [1.29, 1.82) is 0 Å². The lowest BCUT2D eigenvalue weighted by Gasteiger charge is -2.23. The van der Waals surface area contributed by atoms with Crippen LogP contribution in [0.15, 0.2) is 65.5 Å². The Morgan fingerprint density at radius 2 is 1.96 bits per heavy atom. The Balaban J connectivity index is 1.32. The van der Waals surface area contributed by atoms with Crippen LogP contribution in [0, 0.1) is 0 Å². The van der Waals surface area contributed by atoms with Gasteiger partial charge in [-0.05, 0) is 42.2 Å². The van der Waals surface area contributed by atoms with Gasteiger partial charge < -0.3 is 14.6 Å². The molecule has 1 atom stereocenters. The molecule has 0 saturated carbocycles. The van der Waals surface area contributed by atoms with Gasteiger partial charge >= 0.3 is 0 Å². The van der Waals surface area contributed by atoms with Crippen LogP contribution in [-0.4, -0.2) is 39.1 Å². The summed E-state index contributed by atoms with van der Waals surface area (Å²) in [7, 11) is 0. The minimum atomic E-state index is -0.448. The fraction of sp³-hybridized carbons (Fsp3) is 0.286. The van der Waals surface area contributed by atoms with E-state index in [-0.39, 0.29) is 17.6 Å². The minimum Gasteiger partial charge on any atom is -0.459 e. The standard InChI is InChI=1S/C21H22N4O3/c26-20(18-4-1-12-25(18)21(27)19-5-2-13-28-19)22-14-16-6-8-17(9-7-16)15-24-11-3-10-23-24/h2-3,5-11,13,18H,1,4,12,14-15H2,(H,22,26)/t18-/m1/s1. The molecule has 2 amide bonds. The van der Waals surface area contributed by atoms with Gasteiger partial charge in [0.25, 0.3) is 5.91 Å². The van der Waals surface area contributed by atoms with E-state index in [4.69, 9.17) is 4.42 Å². The van der Waals surface area contributed by atoms with Crippen LogP contribution in [0.5, 0.6) is 0 Å². The molecule has 0 unspecified atom stereocenters. The van der Waals surface area contributed by atoms with Gasteiger partial charge in [-0.25, -0.2) is 0 Å². The van der Waals surface area contributed by atoms with Crippen molar-refractivity contribution in [3.05, 3.63) is 78.0 Å². The van der Waals surface area contributed by atoms with E-state index in [1.54, 1.807) is 23.2 Å². The van der Waals surface area contributed by atoms with Crippen molar-refractivity contribution in [3.8, 4) is 0 Å². The first-order chi connectivity index (χ1) is 13.7. The predicted octanol–water partition coefficient (Wildman–Crippen LogP) is 2.45. The van der Waals surface area contributed by atoms with Crippen LogP contribution in [0.3, 0.4) is 0 Å². The Morgan fingerprint density at radius 1 is 1.14 bits per heavy atom. The molecule has 1 saturated heterocycles. The van der Waals surface area contributed by atoms with E-state index in [0.717, 1.165) is 17.5 Å². The fourth-order valence-electron chi connectivity index (χ4n) is 3.47. The van der Waals surface area contributed by atoms with Crippen molar-refractivity contribution >= 4 is 11.8 Å². The third-order valence-corrected chi connectivity index (χ3v) is 4.94. The normalized spacial score (nSPS) is 16.3. The Bertz CT molecular complexity index is 917. The minimum absolute atomic E-state index is 0.127. The van der Waals surface area contributed by atoms with Gasteiger partial charge in [-0.2, -0.15) is 5.10 Å². The van der Waals surface area contributed by atoms with E-state index in [2.05, 4.69) is 10.4 Å². The Hall–Kier alpha value is -3.35. The highest BCUT2D eigenvalue weighted by atomic mass is 16.3. The average molecular weight is 378 g/mol. The molecule has 1 aromatic carbocycles. The summed E-state index contributed by atoms with van der Waals surface area (Å²) < 4.78 is 7.05. The molecule has 0 spiro atoms. The smallest absolute Gasteiger partial charge is 0.290 e. The van der Waals surface area contributed by atoms with E-state index >= 15 is 0 Å². The fourth-order valence-corrected chi connectivity index (χ4v) is 3.47. The molecule has 0 radical (unpaired) electrons. The number of rotatable bonds is 6. The van der Waals surface area contributed by atoms with Crippen molar-refractivity contribution in [3.63, 3.8) is 0 Å². The first-order valence-electron chi connectivity index (χ1n) is 9.38. The first kappa shape index (κ1) is 18.0. The number of nitrogens with one attached hydrogen (secondary N) is 1. The summed E-state index contributed by atoms with van der Waals surface area (Å²) >= 11 is 0. The second-order valence-corrected chi connectivity index (χ2v) is 6.87. The van der Waals surface area contributed by atoms with E-state index in [1.165, 1.54) is 6.26 Å². The number of benzene rings is 1. The second kappa shape index (κ2) is 8.12. The maximum atomic E-state index is 12.6. The van der Waals surface area contributed by atoms with Gasteiger partial charge in [-0.1, -0.05) is 24.3 Å². The van der Waals surface area contributed by atoms with E-state index in [1.807, 2.05) is 41.2 Å². The maximum Gasteiger partial charge on any atom is 0.290 e. The molecule has 1 aliphatic heterocycles. The summed E-state index contributed by atoms with van der Waals surface area (Å²) in [4.78, 5) is 26.7. The van der Waals surface area contributed by atoms with Gasteiger partial charge in [0, 0.05) is 25.5 Å². The molecule has 4 rings (SSSR count). The lowest BCUT2D eigenvalue weighted by molar-refractivity contribution is -0.125. The monoisotopic (exact) mass is 378 g/mol. The zero-order valence-corrected chi connectivity index (χ0v) is 15.5. The molecule has 1 N–H and O–H groups in total. The molecule has 2 aromatic heterocycles. The lowest BCUT2D eigenvalue weighted by Crippen LogP contribution is -2.45. The van der Waals surface area contributed by atoms with Crippen molar-refractivity contribution in [2.75, 3.05) is 6.54 Å². The number of hydrogen-bond donors (Lipinski definition) is 1. The largest absolute Gasteiger partial charge is 0.459 e. The van der Waals surface area contributed by atoms with Gasteiger partial charge in [0.1, 0.15) is 6.04 Å². The summed E-state index contributed by atoms with van der Waals surface area (Å²) in [6.07, 6.45) is 6.63. The van der Waals surface area contributed by atoms with Crippen LogP contribution >= 0.6 is 0 Å². The molecule has 7 nitrogen and oxygen atoms in total. The van der Waals surface area contributed by atoms with Crippen LogP contribution in [0.4, 0.5) is 0 Å². The van der Waals surface area contributed by atoms with Gasteiger partial charge in [-0.3, -0.25) is 14.3 Å². The lowest BCUT2D eigenvalue weighted by atomic mass is 10.1. The summed E-state index contributed by atoms with van der Waals surface area (Å²) in [5.74, 6) is -0.0869. The number of hydrogen-bond acceptors (Lipinski definition) is 4. The van der Waals surface area contributed by atoms with Gasteiger partial charge in [0.05, 0.1) is 12.8 Å². The molecular weight excluding hydrogens is 356 g/mol. The molecule has 1 fully saturated rings. The second-order valence-electron chi connectivity index (χ2n) is 6.87. The van der Waals surface area contributed by atoms with Gasteiger partial charge in [-0.15, -0.1) is 0 Å². The number of carbonyl (C=O) groups is 2. The summed E-state index contributed by atoms with van der Waals surface area (Å²) in [6.45, 7) is 1.71. The van der Waals surface area contributed by atoms with Gasteiger partial charge in [0.2, 0.25) is 5.91 Å². The molecule has 3 heterocycles. The molecule has 3 aromatic rings. The number of carbonyl (C=O) groups excluding carboxylic acids is 2. The molecule has 0 aliphatic carbocycles. The highest BCUT2D eigenvalue weighted by Gasteiger charge is 2.35. The summed E-state index contributed by atoms with van der Waals surface area (Å²) in [6, 6.07) is 12.8. The third kappa shape index (κ3) is 3.98. The molecule has 7 heteroatoms. The number of likely N-dealkylation sites (tertiary alicyclic amines) is 1. The zero-order valence-electron chi connectivity index (χ0n) is 15.5. The van der Waals surface area contributed by atoms with Crippen LogP contribution < -0.4 is 5.32 Å². The molecule has 1 aliphatic rings. The summed E-state index contributed by atoms with van der Waals surface area (Å²) in [5.41, 5.74) is 2.16. The number of nitrogens with zero attached hydrogens (tertiary/aromatic N) is 3. The van der Waals surface area contributed by atoms with Gasteiger partial charge in [0.15, 0.2) is 5.76 Å². The average Bonchev–Trinajstić information content (AvgIpc) is 3.49. The predicted molar refractivity (Wildman–Crippen MR) is 102 cm³/mol. The van der Waals surface area contributed by atoms with E-state index < -0.39 is 6.04 Å². The number of furan rings is 1. The third-order valence-electron chi connectivity index (χ3n) is 4.94. The van der Waals surface area contributed by atoms with Crippen LogP contribution in [0.25, 0.3) is 0 Å². The Kier molecular flexibility index (Phi) is 5.23. The SMILES string of the molecule is O=C(NCc1ccc(Cn2cccn2)cc1)[C@H]1CCCN1C(=O)c1ccco1. The first-order valence-corrected chi connectivity index (χ1v) is 9.38. The number of amides is 2. The zero-order chi connectivity index (χ0) is 19.3. The molecular formula is C21H22N4O3. The van der Waals surface area contributed by atoms with Crippen LogP contribution in [0.2, 0.25) is 0 Å². The van der Waals surface area contributed by atoms with E-state index in [0.29, 0.717) is 26.1 Å². The van der Waals surface area contributed by atoms with E-state index in [9.17, 15) is 9.59 Å². The Morgan fingerprint density at radius 3 is 2.68 bits per heavy atom. The number of aromatic nitrogens is 2. The quantitative estimate of drug-likeness (QED) is 0.714. The highest BCUT2D eigenvalue weighted by Crippen LogP contribution is 2.20. The maximum absolute atomic E-state index is 12.6. The highest BCUT2D eigenvalue weighted by molar-refractivity contribution is 5.95. The topological polar surface area (TPSA) is 80.4 Å². The van der Waals surface area contributed by atoms with Crippen molar-refractivity contribution < 1.29 is 14.0 Å². The van der Waals surface area contributed by atoms with Crippen LogP contribution in [0.1, 0.15) is 34.5 Å².